The average Bonchev–Trinajstić information content (AvgIpc) is 2.80. The van der Waals surface area contributed by atoms with Gasteiger partial charge in [0.2, 0.25) is 0 Å². The van der Waals surface area contributed by atoms with Gasteiger partial charge < -0.3 is 14.6 Å². The fourth-order valence-corrected chi connectivity index (χ4v) is 2.09. The lowest BCUT2D eigenvalue weighted by Gasteiger charge is -2.07. The monoisotopic (exact) mass is 283 g/mol. The molecular weight excluding hydrogens is 266 g/mol. The maximum absolute atomic E-state index is 11.3. The number of esters is 1. The summed E-state index contributed by atoms with van der Waals surface area (Å²) in [5.41, 5.74) is 4.21. The van der Waals surface area contributed by atoms with Crippen LogP contribution in [0.5, 0.6) is 0 Å². The van der Waals surface area contributed by atoms with Crippen molar-refractivity contribution in [1.82, 2.24) is 4.57 Å². The van der Waals surface area contributed by atoms with Gasteiger partial charge in [0, 0.05) is 25.0 Å². The van der Waals surface area contributed by atoms with Gasteiger partial charge in [-0.2, -0.15) is 5.26 Å². The zero-order chi connectivity index (χ0) is 15.4. The molecule has 0 amide bonds. The first-order valence-corrected chi connectivity index (χ1v) is 6.54. The van der Waals surface area contributed by atoms with Crippen molar-refractivity contribution in [2.24, 2.45) is 7.05 Å². The van der Waals surface area contributed by atoms with E-state index in [0.717, 1.165) is 16.9 Å². The molecule has 2 rings (SSSR count). The molecule has 0 fully saturated rings. The number of hydrogen-bond acceptors (Lipinski definition) is 4. The number of aromatic nitrogens is 1. The van der Waals surface area contributed by atoms with E-state index in [9.17, 15) is 4.79 Å². The lowest BCUT2D eigenvalue weighted by Crippen LogP contribution is -2.03. The number of carbonyl (C=O) groups is 1. The zero-order valence-electron chi connectivity index (χ0n) is 12.3. The number of nitriles is 1. The molecule has 1 N–H and O–H groups in total. The molecule has 0 unspecified atom stereocenters. The number of hydrogen-bond donors (Lipinski definition) is 1. The molecule has 5 heteroatoms. The van der Waals surface area contributed by atoms with Gasteiger partial charge in [0.05, 0.1) is 12.7 Å². The highest BCUT2D eigenvalue weighted by Crippen LogP contribution is 2.16. The van der Waals surface area contributed by atoms with Crippen molar-refractivity contribution in [2.75, 3.05) is 12.4 Å². The molecule has 0 saturated heterocycles. The fraction of sp³-hybridized carbons (Fsp3) is 0.250. The maximum atomic E-state index is 11.3. The minimum Gasteiger partial charge on any atom is -0.465 e. The minimum absolute atomic E-state index is 0.348. The predicted molar refractivity (Wildman–Crippen MR) is 80.0 cm³/mol. The van der Waals surface area contributed by atoms with Gasteiger partial charge in [-0.1, -0.05) is 0 Å². The van der Waals surface area contributed by atoms with Gasteiger partial charge >= 0.3 is 5.97 Å². The van der Waals surface area contributed by atoms with Crippen LogP contribution < -0.4 is 5.32 Å². The largest absolute Gasteiger partial charge is 0.465 e. The molecule has 0 bridgehead atoms. The van der Waals surface area contributed by atoms with Crippen LogP contribution in [0.4, 0.5) is 5.69 Å². The summed E-state index contributed by atoms with van der Waals surface area (Å²) in [6, 6.07) is 11.1. The summed E-state index contributed by atoms with van der Waals surface area (Å²) in [6.07, 6.45) is 0. The number of nitrogens with one attached hydrogen (secondary N) is 1. The van der Waals surface area contributed by atoms with Crippen molar-refractivity contribution >= 4 is 11.7 Å². The van der Waals surface area contributed by atoms with Crippen LogP contribution in [0.25, 0.3) is 0 Å². The Hall–Kier alpha value is -2.74. The van der Waals surface area contributed by atoms with Crippen LogP contribution in [0.1, 0.15) is 27.3 Å². The first kappa shape index (κ1) is 14.7. The van der Waals surface area contributed by atoms with Crippen molar-refractivity contribution in [3.05, 3.63) is 52.8 Å². The number of methoxy groups -OCH3 is 1. The zero-order valence-corrected chi connectivity index (χ0v) is 12.3. The first-order valence-electron chi connectivity index (χ1n) is 6.54. The number of rotatable bonds is 4. The summed E-state index contributed by atoms with van der Waals surface area (Å²) in [5, 5.41) is 12.3. The highest BCUT2D eigenvalue weighted by atomic mass is 16.5. The van der Waals surface area contributed by atoms with Crippen LogP contribution in [-0.2, 0) is 18.3 Å². The SMILES string of the molecule is COC(=O)c1ccc(NCc2cc(C#N)n(C)c2C)cc1. The second kappa shape index (κ2) is 6.14. The van der Waals surface area contributed by atoms with Crippen LogP contribution in [0, 0.1) is 18.3 Å². The van der Waals surface area contributed by atoms with Crippen molar-refractivity contribution in [1.29, 1.82) is 5.26 Å². The van der Waals surface area contributed by atoms with Crippen LogP contribution >= 0.6 is 0 Å². The topological polar surface area (TPSA) is 67.0 Å². The summed E-state index contributed by atoms with van der Waals surface area (Å²) >= 11 is 0. The summed E-state index contributed by atoms with van der Waals surface area (Å²) < 4.78 is 6.53. The Kier molecular flexibility index (Phi) is 4.29. The van der Waals surface area contributed by atoms with Crippen molar-refractivity contribution in [2.45, 2.75) is 13.5 Å². The van der Waals surface area contributed by atoms with E-state index < -0.39 is 0 Å². The highest BCUT2D eigenvalue weighted by Gasteiger charge is 2.08. The minimum atomic E-state index is -0.348. The second-order valence-electron chi connectivity index (χ2n) is 4.73. The van der Waals surface area contributed by atoms with E-state index in [1.54, 1.807) is 12.1 Å². The van der Waals surface area contributed by atoms with E-state index in [2.05, 4.69) is 16.1 Å². The second-order valence-corrected chi connectivity index (χ2v) is 4.73. The van der Waals surface area contributed by atoms with E-state index in [0.29, 0.717) is 17.8 Å². The Morgan fingerprint density at radius 3 is 2.57 bits per heavy atom. The smallest absolute Gasteiger partial charge is 0.337 e. The van der Waals surface area contributed by atoms with Crippen LogP contribution in [0.2, 0.25) is 0 Å². The Bertz CT molecular complexity index is 694. The lowest BCUT2D eigenvalue weighted by molar-refractivity contribution is 0.0601. The third-order valence-corrected chi connectivity index (χ3v) is 3.54. The molecule has 0 radical (unpaired) electrons. The molecular formula is C16H17N3O2. The lowest BCUT2D eigenvalue weighted by atomic mass is 10.2. The Morgan fingerprint density at radius 1 is 1.38 bits per heavy atom. The van der Waals surface area contributed by atoms with Crippen molar-refractivity contribution in [3.8, 4) is 6.07 Å². The number of ether oxygens (including phenoxy) is 1. The number of carbonyl (C=O) groups excluding carboxylic acids is 1. The van der Waals surface area contributed by atoms with Gasteiger partial charge in [0.25, 0.3) is 0 Å². The first-order chi connectivity index (χ1) is 10.1. The summed E-state index contributed by atoms with van der Waals surface area (Å²) in [7, 11) is 3.24. The van der Waals surface area contributed by atoms with E-state index >= 15 is 0 Å². The molecule has 5 nitrogen and oxygen atoms in total. The van der Waals surface area contributed by atoms with Crippen LogP contribution in [-0.4, -0.2) is 17.6 Å². The fourth-order valence-electron chi connectivity index (χ4n) is 2.09. The van der Waals surface area contributed by atoms with E-state index in [1.807, 2.05) is 36.7 Å². The molecule has 21 heavy (non-hydrogen) atoms. The third-order valence-electron chi connectivity index (χ3n) is 3.54. The summed E-state index contributed by atoms with van der Waals surface area (Å²) in [4.78, 5) is 11.3. The molecule has 0 aliphatic heterocycles. The Balaban J connectivity index is 2.07. The maximum Gasteiger partial charge on any atom is 0.337 e. The quantitative estimate of drug-likeness (QED) is 0.876. The Morgan fingerprint density at radius 2 is 2.05 bits per heavy atom. The highest BCUT2D eigenvalue weighted by molar-refractivity contribution is 5.89. The molecule has 2 aromatic rings. The van der Waals surface area contributed by atoms with Gasteiger partial charge in [-0.3, -0.25) is 0 Å². The molecule has 0 aliphatic rings. The van der Waals surface area contributed by atoms with Gasteiger partial charge in [0.15, 0.2) is 0 Å². The number of nitrogens with zero attached hydrogens (tertiary/aromatic N) is 2. The standard InChI is InChI=1S/C16H17N3O2/c1-11-13(8-15(9-17)19(11)2)10-18-14-6-4-12(5-7-14)16(20)21-3/h4-8,18H,10H2,1-3H3. The number of anilines is 1. The third kappa shape index (κ3) is 3.06. The molecule has 1 aromatic heterocycles. The van der Waals surface area contributed by atoms with Crippen LogP contribution in [0.15, 0.2) is 30.3 Å². The predicted octanol–water partition coefficient (Wildman–Crippen LogP) is 2.60. The molecule has 108 valence electrons. The van der Waals surface area contributed by atoms with E-state index in [1.165, 1.54) is 7.11 Å². The summed E-state index contributed by atoms with van der Waals surface area (Å²) in [5.74, 6) is -0.348. The molecule has 1 aromatic carbocycles. The van der Waals surface area contributed by atoms with Gasteiger partial charge in [-0.05, 0) is 42.8 Å². The Labute approximate surface area is 123 Å². The van der Waals surface area contributed by atoms with Crippen molar-refractivity contribution in [3.63, 3.8) is 0 Å². The van der Waals surface area contributed by atoms with E-state index in [4.69, 9.17) is 5.26 Å². The molecule has 0 spiro atoms. The van der Waals surface area contributed by atoms with Crippen molar-refractivity contribution < 1.29 is 9.53 Å². The molecule has 0 atom stereocenters. The van der Waals surface area contributed by atoms with E-state index in [-0.39, 0.29) is 5.97 Å². The average molecular weight is 283 g/mol. The molecule has 0 saturated carbocycles. The van der Waals surface area contributed by atoms with Gasteiger partial charge in [-0.25, -0.2) is 4.79 Å². The normalized spacial score (nSPS) is 10.0. The molecule has 0 aliphatic carbocycles. The van der Waals surface area contributed by atoms with Gasteiger partial charge in [-0.15, -0.1) is 0 Å². The molecule has 1 heterocycles. The van der Waals surface area contributed by atoms with Gasteiger partial charge in [0.1, 0.15) is 11.8 Å². The van der Waals surface area contributed by atoms with Crippen LogP contribution in [0.3, 0.4) is 0 Å². The number of benzene rings is 1. The summed E-state index contributed by atoms with van der Waals surface area (Å²) in [6.45, 7) is 2.61.